The van der Waals surface area contributed by atoms with E-state index in [0.717, 1.165) is 32.1 Å². The molecule has 0 aromatic carbocycles. The molecule has 1 aliphatic carbocycles. The van der Waals surface area contributed by atoms with Crippen molar-refractivity contribution in [2.24, 2.45) is 5.73 Å². The molecular weight excluding hydrogens is 185 g/mol. The molecule has 0 saturated heterocycles. The molecule has 0 aromatic heterocycles. The molecule has 76 valence electrons. The SMILES string of the molecule is N[C@H]1CC=C(CCCC[PH](=O)O)C1. The Balaban J connectivity index is 2.03. The monoisotopic (exact) mass is 203 g/mol. The molecule has 3 N–H and O–H groups in total. The van der Waals surface area contributed by atoms with Crippen molar-refractivity contribution < 1.29 is 9.46 Å². The number of hydrogen-bond acceptors (Lipinski definition) is 2. The predicted octanol–water partition coefficient (Wildman–Crippen LogP) is 1.67. The highest BCUT2D eigenvalue weighted by Crippen LogP contribution is 2.23. The van der Waals surface area contributed by atoms with Crippen LogP contribution in [0.25, 0.3) is 0 Å². The van der Waals surface area contributed by atoms with Crippen LogP contribution in [0.3, 0.4) is 0 Å². The summed E-state index contributed by atoms with van der Waals surface area (Å²) in [6.45, 7) is 0. The lowest BCUT2D eigenvalue weighted by molar-refractivity contribution is 0.500. The number of nitrogens with two attached hydrogens (primary N) is 1. The summed E-state index contributed by atoms with van der Waals surface area (Å²) in [6.07, 6.45) is 7.66. The molecule has 0 aliphatic heterocycles. The van der Waals surface area contributed by atoms with Gasteiger partial charge in [-0.1, -0.05) is 11.6 Å². The first kappa shape index (κ1) is 11.0. The molecule has 0 bridgehead atoms. The fraction of sp³-hybridized carbons (Fsp3) is 0.778. The molecule has 1 rings (SSSR count). The summed E-state index contributed by atoms with van der Waals surface area (Å²) >= 11 is 0. The maximum atomic E-state index is 10.4. The molecule has 1 aliphatic rings. The van der Waals surface area contributed by atoms with E-state index in [1.54, 1.807) is 0 Å². The van der Waals surface area contributed by atoms with Gasteiger partial charge in [0.25, 0.3) is 0 Å². The van der Waals surface area contributed by atoms with Crippen molar-refractivity contribution in [2.45, 2.75) is 38.1 Å². The van der Waals surface area contributed by atoms with Gasteiger partial charge in [0.05, 0.1) is 0 Å². The van der Waals surface area contributed by atoms with E-state index in [4.69, 9.17) is 10.6 Å². The maximum Gasteiger partial charge on any atom is 0.189 e. The molecule has 3 nitrogen and oxygen atoms in total. The standard InChI is InChI=1S/C9H18NO2P/c10-9-5-4-8(7-9)3-1-2-6-13(11)12/h4,9,13H,1-3,5-7,10H2,(H,11,12)/t9-/m0/s1. The van der Waals surface area contributed by atoms with Gasteiger partial charge >= 0.3 is 0 Å². The van der Waals surface area contributed by atoms with Crippen molar-refractivity contribution in [1.29, 1.82) is 0 Å². The summed E-state index contributed by atoms with van der Waals surface area (Å²) in [5, 5.41) is 0. The minimum absolute atomic E-state index is 0.326. The summed E-state index contributed by atoms with van der Waals surface area (Å²) in [4.78, 5) is 8.60. The van der Waals surface area contributed by atoms with Crippen molar-refractivity contribution >= 4 is 8.03 Å². The molecule has 13 heavy (non-hydrogen) atoms. The van der Waals surface area contributed by atoms with Crippen molar-refractivity contribution in [3.05, 3.63) is 11.6 Å². The second-order valence-corrected chi connectivity index (χ2v) is 4.95. The minimum Gasteiger partial charge on any atom is -0.346 e. The number of rotatable bonds is 5. The molecule has 0 aromatic rings. The second kappa shape index (κ2) is 5.58. The fourth-order valence-electron chi connectivity index (χ4n) is 1.65. The summed E-state index contributed by atoms with van der Waals surface area (Å²) in [5.41, 5.74) is 7.18. The van der Waals surface area contributed by atoms with Gasteiger partial charge < -0.3 is 10.6 Å². The Bertz CT molecular complexity index is 216. The van der Waals surface area contributed by atoms with Crippen molar-refractivity contribution in [3.63, 3.8) is 0 Å². The third-order valence-electron chi connectivity index (χ3n) is 2.37. The third-order valence-corrected chi connectivity index (χ3v) is 3.15. The topological polar surface area (TPSA) is 63.3 Å². The molecule has 0 spiro atoms. The Morgan fingerprint density at radius 3 is 2.92 bits per heavy atom. The van der Waals surface area contributed by atoms with Crippen molar-refractivity contribution in [2.75, 3.05) is 6.16 Å². The summed E-state index contributed by atoms with van der Waals surface area (Å²) < 4.78 is 10.4. The lowest BCUT2D eigenvalue weighted by atomic mass is 10.1. The molecular formula is C9H18NO2P. The Morgan fingerprint density at radius 1 is 1.62 bits per heavy atom. The van der Waals surface area contributed by atoms with Gasteiger partial charge in [-0.3, -0.25) is 4.57 Å². The third kappa shape index (κ3) is 4.61. The zero-order valence-electron chi connectivity index (χ0n) is 7.83. The zero-order valence-corrected chi connectivity index (χ0v) is 8.83. The average Bonchev–Trinajstić information content (AvgIpc) is 2.45. The van der Waals surface area contributed by atoms with E-state index >= 15 is 0 Å². The van der Waals surface area contributed by atoms with Gasteiger partial charge in [-0.05, 0) is 32.1 Å². The van der Waals surface area contributed by atoms with Gasteiger partial charge in [-0.25, -0.2) is 0 Å². The molecule has 2 atom stereocenters. The summed E-state index contributed by atoms with van der Waals surface area (Å²) in [6, 6.07) is 0.326. The smallest absolute Gasteiger partial charge is 0.189 e. The summed E-state index contributed by atoms with van der Waals surface area (Å²) in [5.74, 6) is 0. The van der Waals surface area contributed by atoms with Gasteiger partial charge in [0.1, 0.15) is 0 Å². The molecule has 0 amide bonds. The van der Waals surface area contributed by atoms with Crippen LogP contribution >= 0.6 is 8.03 Å². The highest BCUT2D eigenvalue weighted by atomic mass is 31.1. The fourth-order valence-corrected chi connectivity index (χ4v) is 2.21. The number of hydrogen-bond donors (Lipinski definition) is 2. The van der Waals surface area contributed by atoms with Crippen LogP contribution in [0.15, 0.2) is 11.6 Å². The predicted molar refractivity (Wildman–Crippen MR) is 55.2 cm³/mol. The van der Waals surface area contributed by atoms with Crippen LogP contribution in [0, 0.1) is 0 Å². The van der Waals surface area contributed by atoms with E-state index in [-0.39, 0.29) is 0 Å². The first-order valence-corrected chi connectivity index (χ1v) is 6.40. The quantitative estimate of drug-likeness (QED) is 0.406. The number of unbranched alkanes of at least 4 members (excludes halogenated alkanes) is 1. The molecule has 1 unspecified atom stereocenters. The first-order valence-electron chi connectivity index (χ1n) is 4.84. The highest BCUT2D eigenvalue weighted by molar-refractivity contribution is 7.37. The maximum absolute atomic E-state index is 10.4. The van der Waals surface area contributed by atoms with Crippen LogP contribution in [-0.4, -0.2) is 17.1 Å². The van der Waals surface area contributed by atoms with Gasteiger partial charge in [0.15, 0.2) is 8.03 Å². The Hall–Kier alpha value is -0.110. The van der Waals surface area contributed by atoms with Gasteiger partial charge in [-0.2, -0.15) is 0 Å². The molecule has 0 saturated carbocycles. The van der Waals surface area contributed by atoms with Crippen LogP contribution in [0.1, 0.15) is 32.1 Å². The van der Waals surface area contributed by atoms with Crippen LogP contribution in [0.2, 0.25) is 0 Å². The van der Waals surface area contributed by atoms with Crippen LogP contribution in [0.5, 0.6) is 0 Å². The van der Waals surface area contributed by atoms with E-state index in [1.807, 2.05) is 0 Å². The van der Waals surface area contributed by atoms with Crippen LogP contribution < -0.4 is 5.73 Å². The first-order chi connectivity index (χ1) is 6.18. The zero-order chi connectivity index (χ0) is 9.68. The average molecular weight is 203 g/mol. The van der Waals surface area contributed by atoms with Crippen molar-refractivity contribution in [1.82, 2.24) is 0 Å². The Morgan fingerprint density at radius 2 is 2.38 bits per heavy atom. The van der Waals surface area contributed by atoms with Crippen LogP contribution in [0.4, 0.5) is 0 Å². The van der Waals surface area contributed by atoms with Crippen LogP contribution in [-0.2, 0) is 4.57 Å². The van der Waals surface area contributed by atoms with Gasteiger partial charge in [0.2, 0.25) is 0 Å². The van der Waals surface area contributed by atoms with E-state index in [9.17, 15) is 4.57 Å². The molecule has 0 radical (unpaired) electrons. The van der Waals surface area contributed by atoms with E-state index < -0.39 is 8.03 Å². The van der Waals surface area contributed by atoms with E-state index in [0.29, 0.717) is 12.2 Å². The molecule has 0 heterocycles. The summed E-state index contributed by atoms with van der Waals surface area (Å²) in [7, 11) is -2.23. The second-order valence-electron chi connectivity index (χ2n) is 3.66. The van der Waals surface area contributed by atoms with Gasteiger partial charge in [-0.15, -0.1) is 0 Å². The minimum atomic E-state index is -2.23. The van der Waals surface area contributed by atoms with Crippen molar-refractivity contribution in [3.8, 4) is 0 Å². The highest BCUT2D eigenvalue weighted by Gasteiger charge is 2.11. The van der Waals surface area contributed by atoms with Gasteiger partial charge in [0, 0.05) is 12.2 Å². The Labute approximate surface area is 79.9 Å². The molecule has 4 heteroatoms. The lowest BCUT2D eigenvalue weighted by Gasteiger charge is -2.03. The lowest BCUT2D eigenvalue weighted by Crippen LogP contribution is -2.14. The van der Waals surface area contributed by atoms with E-state index in [1.165, 1.54) is 5.57 Å². The van der Waals surface area contributed by atoms with E-state index in [2.05, 4.69) is 6.08 Å². The normalized spacial score (nSPS) is 24.5. The Kier molecular flexibility index (Phi) is 4.71. The molecule has 0 fully saturated rings. The largest absolute Gasteiger partial charge is 0.346 e.